The van der Waals surface area contributed by atoms with Crippen LogP contribution in [-0.2, 0) is 0 Å². The molecule has 22 heavy (non-hydrogen) atoms. The Balaban J connectivity index is 2.36. The Labute approximate surface area is 129 Å². The van der Waals surface area contributed by atoms with Crippen LogP contribution in [0.4, 0.5) is 5.69 Å². The molecule has 0 saturated heterocycles. The highest BCUT2D eigenvalue weighted by Gasteiger charge is 2.17. The first-order valence-corrected chi connectivity index (χ1v) is 6.77. The molecule has 0 aliphatic heterocycles. The minimum Gasteiger partial charge on any atom is -0.493 e. The van der Waals surface area contributed by atoms with Gasteiger partial charge in [0.2, 0.25) is 5.75 Å². The van der Waals surface area contributed by atoms with Crippen molar-refractivity contribution in [1.82, 2.24) is 0 Å². The molecule has 0 aliphatic rings. The van der Waals surface area contributed by atoms with Crippen molar-refractivity contribution in [3.63, 3.8) is 0 Å². The number of aryl methyl sites for hydroxylation is 1. The second-order valence-corrected chi connectivity index (χ2v) is 4.68. The molecule has 2 rings (SSSR count). The molecule has 0 aromatic heterocycles. The van der Waals surface area contributed by atoms with Gasteiger partial charge in [0.15, 0.2) is 11.5 Å². The average molecular weight is 301 g/mol. The van der Waals surface area contributed by atoms with Crippen molar-refractivity contribution >= 4 is 11.6 Å². The van der Waals surface area contributed by atoms with Crippen molar-refractivity contribution in [3.8, 4) is 17.2 Å². The van der Waals surface area contributed by atoms with E-state index in [1.54, 1.807) is 12.1 Å². The van der Waals surface area contributed by atoms with Crippen molar-refractivity contribution < 1.29 is 19.0 Å². The third-order valence-electron chi connectivity index (χ3n) is 3.32. The highest BCUT2D eigenvalue weighted by atomic mass is 16.5. The number of amides is 1. The van der Waals surface area contributed by atoms with Crippen molar-refractivity contribution in [1.29, 1.82) is 0 Å². The fraction of sp³-hybridized carbons (Fsp3) is 0.235. The molecule has 5 nitrogen and oxygen atoms in total. The fourth-order valence-corrected chi connectivity index (χ4v) is 2.12. The van der Waals surface area contributed by atoms with Gasteiger partial charge < -0.3 is 19.5 Å². The SMILES string of the molecule is COc1cc(C(=O)Nc2ccccc2C)cc(OC)c1OC. The number of anilines is 1. The van der Waals surface area contributed by atoms with E-state index in [2.05, 4.69) is 5.32 Å². The summed E-state index contributed by atoms with van der Waals surface area (Å²) in [7, 11) is 4.55. The van der Waals surface area contributed by atoms with Crippen LogP contribution in [0.15, 0.2) is 36.4 Å². The molecule has 0 atom stereocenters. The van der Waals surface area contributed by atoms with Gasteiger partial charge in [-0.25, -0.2) is 0 Å². The summed E-state index contributed by atoms with van der Waals surface area (Å²) in [5, 5.41) is 2.88. The number of carbonyl (C=O) groups is 1. The molecule has 0 unspecified atom stereocenters. The molecule has 0 aliphatic carbocycles. The lowest BCUT2D eigenvalue weighted by Gasteiger charge is -2.14. The molecule has 0 heterocycles. The predicted octanol–water partition coefficient (Wildman–Crippen LogP) is 3.27. The normalized spacial score (nSPS) is 10.0. The Morgan fingerprint density at radius 3 is 2.05 bits per heavy atom. The number of methoxy groups -OCH3 is 3. The summed E-state index contributed by atoms with van der Waals surface area (Å²) in [6.45, 7) is 1.94. The molecule has 0 spiro atoms. The minimum absolute atomic E-state index is 0.242. The van der Waals surface area contributed by atoms with E-state index in [4.69, 9.17) is 14.2 Å². The average Bonchev–Trinajstić information content (AvgIpc) is 2.55. The number of hydrogen-bond acceptors (Lipinski definition) is 4. The Bertz CT molecular complexity index is 657. The zero-order valence-corrected chi connectivity index (χ0v) is 13.1. The van der Waals surface area contributed by atoms with Crippen molar-refractivity contribution in [2.45, 2.75) is 6.92 Å². The van der Waals surface area contributed by atoms with E-state index in [9.17, 15) is 4.79 Å². The van der Waals surface area contributed by atoms with E-state index in [1.165, 1.54) is 21.3 Å². The van der Waals surface area contributed by atoms with Crippen LogP contribution in [0.25, 0.3) is 0 Å². The fourth-order valence-electron chi connectivity index (χ4n) is 2.12. The standard InChI is InChI=1S/C17H19NO4/c1-11-7-5-6-8-13(11)18-17(19)12-9-14(20-2)16(22-4)15(10-12)21-3/h5-10H,1-4H3,(H,18,19). The molecule has 0 bridgehead atoms. The van der Waals surface area contributed by atoms with Gasteiger partial charge in [0.05, 0.1) is 21.3 Å². The Hall–Kier alpha value is -2.69. The van der Waals surface area contributed by atoms with Gasteiger partial charge in [0.25, 0.3) is 5.91 Å². The van der Waals surface area contributed by atoms with E-state index in [-0.39, 0.29) is 5.91 Å². The summed E-state index contributed by atoms with van der Waals surface area (Å²) in [5.74, 6) is 1.10. The maximum atomic E-state index is 12.4. The molecule has 2 aromatic rings. The monoisotopic (exact) mass is 301 g/mol. The first kappa shape index (κ1) is 15.7. The number of hydrogen-bond donors (Lipinski definition) is 1. The van der Waals surface area contributed by atoms with Gasteiger partial charge in [-0.1, -0.05) is 18.2 Å². The van der Waals surface area contributed by atoms with Gasteiger partial charge in [-0.3, -0.25) is 4.79 Å². The van der Waals surface area contributed by atoms with Crippen LogP contribution < -0.4 is 19.5 Å². The summed E-state index contributed by atoms with van der Waals surface area (Å²) in [6.07, 6.45) is 0. The van der Waals surface area contributed by atoms with E-state index >= 15 is 0 Å². The molecule has 0 saturated carbocycles. The molecular weight excluding hydrogens is 282 g/mol. The molecular formula is C17H19NO4. The van der Waals surface area contributed by atoms with E-state index in [0.717, 1.165) is 11.3 Å². The maximum absolute atomic E-state index is 12.4. The highest BCUT2D eigenvalue weighted by Crippen LogP contribution is 2.38. The van der Waals surface area contributed by atoms with Gasteiger partial charge in [-0.2, -0.15) is 0 Å². The zero-order valence-electron chi connectivity index (χ0n) is 13.1. The number of benzene rings is 2. The molecule has 0 radical (unpaired) electrons. The van der Waals surface area contributed by atoms with E-state index in [0.29, 0.717) is 22.8 Å². The lowest BCUT2D eigenvalue weighted by molar-refractivity contribution is 0.102. The zero-order chi connectivity index (χ0) is 16.1. The quantitative estimate of drug-likeness (QED) is 0.921. The maximum Gasteiger partial charge on any atom is 0.255 e. The van der Waals surface area contributed by atoms with Crippen LogP contribution in [0.3, 0.4) is 0 Å². The summed E-state index contributed by atoms with van der Waals surface area (Å²) in [5.41, 5.74) is 2.18. The van der Waals surface area contributed by atoms with Crippen LogP contribution in [0.1, 0.15) is 15.9 Å². The minimum atomic E-state index is -0.242. The Morgan fingerprint density at radius 1 is 0.955 bits per heavy atom. The lowest BCUT2D eigenvalue weighted by Crippen LogP contribution is -2.13. The van der Waals surface area contributed by atoms with Gasteiger partial charge in [-0.05, 0) is 30.7 Å². The van der Waals surface area contributed by atoms with Crippen LogP contribution in [0.2, 0.25) is 0 Å². The van der Waals surface area contributed by atoms with Gasteiger partial charge >= 0.3 is 0 Å². The van der Waals surface area contributed by atoms with Crippen LogP contribution in [-0.4, -0.2) is 27.2 Å². The second-order valence-electron chi connectivity index (χ2n) is 4.68. The second kappa shape index (κ2) is 6.85. The molecule has 1 N–H and O–H groups in total. The number of ether oxygens (including phenoxy) is 3. The molecule has 0 fully saturated rings. The Kier molecular flexibility index (Phi) is 4.88. The predicted molar refractivity (Wildman–Crippen MR) is 85.2 cm³/mol. The molecule has 5 heteroatoms. The third kappa shape index (κ3) is 3.14. The largest absolute Gasteiger partial charge is 0.493 e. The number of nitrogens with one attached hydrogen (secondary N) is 1. The molecule has 1 amide bonds. The van der Waals surface area contributed by atoms with Gasteiger partial charge in [-0.15, -0.1) is 0 Å². The van der Waals surface area contributed by atoms with Crippen molar-refractivity contribution in [3.05, 3.63) is 47.5 Å². The van der Waals surface area contributed by atoms with Crippen molar-refractivity contribution in [2.75, 3.05) is 26.6 Å². The topological polar surface area (TPSA) is 56.8 Å². The summed E-state index contributed by atoms with van der Waals surface area (Å²) in [6, 6.07) is 10.8. The molecule has 116 valence electrons. The summed E-state index contributed by atoms with van der Waals surface area (Å²) >= 11 is 0. The van der Waals surface area contributed by atoms with Crippen LogP contribution in [0.5, 0.6) is 17.2 Å². The third-order valence-corrected chi connectivity index (χ3v) is 3.32. The highest BCUT2D eigenvalue weighted by molar-refractivity contribution is 6.05. The Morgan fingerprint density at radius 2 is 1.55 bits per heavy atom. The van der Waals surface area contributed by atoms with Crippen LogP contribution in [0, 0.1) is 6.92 Å². The van der Waals surface area contributed by atoms with Crippen molar-refractivity contribution in [2.24, 2.45) is 0 Å². The van der Waals surface area contributed by atoms with E-state index < -0.39 is 0 Å². The summed E-state index contributed by atoms with van der Waals surface area (Å²) in [4.78, 5) is 12.4. The number of carbonyl (C=O) groups excluding carboxylic acids is 1. The first-order chi connectivity index (χ1) is 10.6. The van der Waals surface area contributed by atoms with E-state index in [1.807, 2.05) is 31.2 Å². The molecule has 2 aromatic carbocycles. The smallest absolute Gasteiger partial charge is 0.255 e. The van der Waals surface area contributed by atoms with Gasteiger partial charge in [0.1, 0.15) is 0 Å². The van der Waals surface area contributed by atoms with Gasteiger partial charge in [0, 0.05) is 11.3 Å². The number of para-hydroxylation sites is 1. The summed E-state index contributed by atoms with van der Waals surface area (Å²) < 4.78 is 15.8. The van der Waals surface area contributed by atoms with Crippen LogP contribution >= 0.6 is 0 Å². The number of rotatable bonds is 5. The lowest BCUT2D eigenvalue weighted by atomic mass is 10.1. The first-order valence-electron chi connectivity index (χ1n) is 6.77.